The molecule has 5 rings (SSSR count). The number of rotatable bonds is 6. The average Bonchev–Trinajstić information content (AvgIpc) is 3.56. The first-order chi connectivity index (χ1) is 16.0. The third-order valence-electron chi connectivity index (χ3n) is 5.64. The number of anilines is 2. The number of hydrogen-bond acceptors (Lipinski definition) is 7. The van der Waals surface area contributed by atoms with Crippen LogP contribution in [0.4, 0.5) is 11.6 Å². The van der Waals surface area contributed by atoms with Gasteiger partial charge < -0.3 is 25.1 Å². The number of aryl methyl sites for hydroxylation is 2. The first-order valence-corrected chi connectivity index (χ1v) is 10.7. The van der Waals surface area contributed by atoms with Crippen LogP contribution in [0.3, 0.4) is 0 Å². The Labute approximate surface area is 190 Å². The summed E-state index contributed by atoms with van der Waals surface area (Å²) in [5.74, 6) is 0.746. The van der Waals surface area contributed by atoms with Crippen molar-refractivity contribution in [2.75, 3.05) is 25.6 Å². The minimum atomic E-state index is -0.133. The van der Waals surface area contributed by atoms with E-state index in [0.29, 0.717) is 36.3 Å². The second-order valence-electron chi connectivity index (χ2n) is 8.02. The maximum Gasteiger partial charge on any atom is 0.251 e. The molecular formula is C23H25N7O3. The first kappa shape index (κ1) is 21.0. The molecule has 33 heavy (non-hydrogen) atoms. The zero-order valence-electron chi connectivity index (χ0n) is 18.7. The zero-order valence-corrected chi connectivity index (χ0v) is 18.7. The van der Waals surface area contributed by atoms with E-state index >= 15 is 0 Å². The molecule has 1 aliphatic rings. The average molecular weight is 447 g/mol. The molecule has 1 aromatic carbocycles. The molecule has 1 saturated heterocycles. The highest BCUT2D eigenvalue weighted by Gasteiger charge is 2.23. The van der Waals surface area contributed by atoms with Gasteiger partial charge in [0, 0.05) is 55.3 Å². The van der Waals surface area contributed by atoms with Crippen molar-refractivity contribution in [1.82, 2.24) is 30.0 Å². The summed E-state index contributed by atoms with van der Waals surface area (Å²) in [5.41, 5.74) is 4.81. The Hall–Kier alpha value is -3.92. The van der Waals surface area contributed by atoms with E-state index in [9.17, 15) is 4.79 Å². The maximum absolute atomic E-state index is 11.9. The smallest absolute Gasteiger partial charge is 0.251 e. The highest BCUT2D eigenvalue weighted by molar-refractivity contribution is 5.98. The fourth-order valence-corrected chi connectivity index (χ4v) is 3.90. The quantitative estimate of drug-likeness (QED) is 0.416. The molecule has 0 bridgehead atoms. The molecule has 0 saturated carbocycles. The third-order valence-corrected chi connectivity index (χ3v) is 5.64. The molecular weight excluding hydrogens is 422 g/mol. The Morgan fingerprint density at radius 2 is 2.21 bits per heavy atom. The van der Waals surface area contributed by atoms with Crippen molar-refractivity contribution in [1.29, 1.82) is 0 Å². The summed E-state index contributed by atoms with van der Waals surface area (Å²) >= 11 is 0. The second-order valence-corrected chi connectivity index (χ2v) is 8.02. The van der Waals surface area contributed by atoms with Gasteiger partial charge in [-0.1, -0.05) is 0 Å². The minimum absolute atomic E-state index is 0.0684. The van der Waals surface area contributed by atoms with Gasteiger partial charge in [-0.05, 0) is 30.7 Å². The van der Waals surface area contributed by atoms with E-state index < -0.39 is 0 Å². The fraction of sp³-hybridized carbons (Fsp3) is 0.304. The van der Waals surface area contributed by atoms with Gasteiger partial charge in [0.15, 0.2) is 0 Å². The van der Waals surface area contributed by atoms with Crippen LogP contribution in [0.5, 0.6) is 5.88 Å². The molecule has 3 aromatic heterocycles. The molecule has 10 heteroatoms. The van der Waals surface area contributed by atoms with Crippen LogP contribution in [0.2, 0.25) is 0 Å². The molecule has 0 spiro atoms. The van der Waals surface area contributed by atoms with Gasteiger partial charge in [0.05, 0.1) is 24.8 Å². The van der Waals surface area contributed by atoms with Gasteiger partial charge in [0.25, 0.3) is 5.91 Å². The Kier molecular flexibility index (Phi) is 5.43. The van der Waals surface area contributed by atoms with E-state index in [4.69, 9.17) is 14.5 Å². The number of benzene rings is 1. The molecule has 0 aliphatic carbocycles. The second kappa shape index (κ2) is 8.55. The van der Waals surface area contributed by atoms with Gasteiger partial charge in [-0.15, -0.1) is 0 Å². The van der Waals surface area contributed by atoms with E-state index in [1.54, 1.807) is 24.0 Å². The lowest BCUT2D eigenvalue weighted by molar-refractivity contribution is 0.0963. The zero-order chi connectivity index (χ0) is 22.9. The predicted octanol–water partition coefficient (Wildman–Crippen LogP) is 2.94. The minimum Gasteiger partial charge on any atom is -0.471 e. The molecule has 170 valence electrons. The van der Waals surface area contributed by atoms with Gasteiger partial charge in [0.2, 0.25) is 11.8 Å². The maximum atomic E-state index is 11.9. The summed E-state index contributed by atoms with van der Waals surface area (Å²) < 4.78 is 13.5. The monoisotopic (exact) mass is 447 g/mol. The number of carbonyl (C=O) groups excluding carboxylic acids is 1. The van der Waals surface area contributed by atoms with Crippen molar-refractivity contribution in [3.8, 4) is 17.0 Å². The largest absolute Gasteiger partial charge is 0.471 e. The number of aromatic amines is 1. The molecule has 1 atom stereocenters. The van der Waals surface area contributed by atoms with Gasteiger partial charge in [0.1, 0.15) is 11.8 Å². The van der Waals surface area contributed by atoms with Gasteiger partial charge in [-0.25, -0.2) is 0 Å². The summed E-state index contributed by atoms with van der Waals surface area (Å²) in [7, 11) is 3.49. The number of aromatic nitrogens is 5. The third kappa shape index (κ3) is 4.12. The lowest BCUT2D eigenvalue weighted by Gasteiger charge is -2.15. The van der Waals surface area contributed by atoms with Crippen LogP contribution < -0.4 is 15.4 Å². The number of amides is 1. The highest BCUT2D eigenvalue weighted by Crippen LogP contribution is 2.35. The standard InChI is InChI=1S/C23H25N7O3/c1-13-8-14(21(31)24-2)4-5-18(13)27-23-28-20-19(22(29-23)33-16-6-7-32-12-16)17(10-25-20)15-9-26-30(3)11-15/h4-5,8-11,16H,6-7,12H2,1-3H3,(H,24,31)(H2,25,27,28,29)/t16-/m0/s1. The lowest BCUT2D eigenvalue weighted by atomic mass is 10.1. The molecule has 4 heterocycles. The van der Waals surface area contributed by atoms with E-state index in [2.05, 4.69) is 25.7 Å². The van der Waals surface area contributed by atoms with Crippen molar-refractivity contribution in [2.45, 2.75) is 19.4 Å². The van der Waals surface area contributed by atoms with Crippen molar-refractivity contribution >= 4 is 28.6 Å². The molecule has 4 aromatic rings. The Morgan fingerprint density at radius 3 is 2.91 bits per heavy atom. The van der Waals surface area contributed by atoms with Crippen LogP contribution in [0, 0.1) is 6.92 Å². The molecule has 1 amide bonds. The Morgan fingerprint density at radius 1 is 1.33 bits per heavy atom. The number of fused-ring (bicyclic) bond motifs is 1. The number of hydrogen-bond donors (Lipinski definition) is 3. The van der Waals surface area contributed by atoms with Crippen LogP contribution >= 0.6 is 0 Å². The predicted molar refractivity (Wildman–Crippen MR) is 124 cm³/mol. The van der Waals surface area contributed by atoms with E-state index in [1.807, 2.05) is 38.5 Å². The van der Waals surface area contributed by atoms with Crippen LogP contribution in [-0.2, 0) is 11.8 Å². The molecule has 0 unspecified atom stereocenters. The van der Waals surface area contributed by atoms with Crippen LogP contribution in [0.1, 0.15) is 22.3 Å². The van der Waals surface area contributed by atoms with Crippen molar-refractivity contribution in [3.63, 3.8) is 0 Å². The highest BCUT2D eigenvalue weighted by atomic mass is 16.5. The Bertz CT molecular complexity index is 1320. The lowest BCUT2D eigenvalue weighted by Crippen LogP contribution is -2.18. The number of H-pyrrole nitrogens is 1. The van der Waals surface area contributed by atoms with Crippen molar-refractivity contribution in [2.24, 2.45) is 7.05 Å². The van der Waals surface area contributed by atoms with Crippen LogP contribution in [0.25, 0.3) is 22.2 Å². The van der Waals surface area contributed by atoms with E-state index in [-0.39, 0.29) is 12.0 Å². The van der Waals surface area contributed by atoms with E-state index in [0.717, 1.165) is 34.2 Å². The number of nitrogens with zero attached hydrogens (tertiary/aromatic N) is 4. The number of carbonyl (C=O) groups is 1. The fourth-order valence-electron chi connectivity index (χ4n) is 3.90. The van der Waals surface area contributed by atoms with Gasteiger partial charge >= 0.3 is 0 Å². The van der Waals surface area contributed by atoms with Crippen molar-refractivity contribution in [3.05, 3.63) is 47.9 Å². The number of nitrogens with one attached hydrogen (secondary N) is 3. The topological polar surface area (TPSA) is 119 Å². The molecule has 1 fully saturated rings. The summed E-state index contributed by atoms with van der Waals surface area (Å²) in [4.78, 5) is 24.6. The van der Waals surface area contributed by atoms with E-state index in [1.165, 1.54) is 0 Å². The van der Waals surface area contributed by atoms with Gasteiger partial charge in [-0.2, -0.15) is 15.1 Å². The van der Waals surface area contributed by atoms with Gasteiger partial charge in [-0.3, -0.25) is 9.48 Å². The first-order valence-electron chi connectivity index (χ1n) is 10.7. The Balaban J connectivity index is 1.54. The van der Waals surface area contributed by atoms with Crippen LogP contribution in [0.15, 0.2) is 36.8 Å². The summed E-state index contributed by atoms with van der Waals surface area (Å²) in [6, 6.07) is 5.42. The molecule has 10 nitrogen and oxygen atoms in total. The summed E-state index contributed by atoms with van der Waals surface area (Å²) in [5, 5.41) is 11.0. The number of ether oxygens (including phenoxy) is 2. The van der Waals surface area contributed by atoms with Crippen LogP contribution in [-0.4, -0.2) is 57.0 Å². The normalized spacial score (nSPS) is 15.7. The summed E-state index contributed by atoms with van der Waals surface area (Å²) in [6.07, 6.45) is 6.37. The SMILES string of the molecule is CNC(=O)c1ccc(Nc2nc(O[C@H]3CCOC3)c3c(-c4cnn(C)c4)c[nH]c3n2)c(C)c1. The molecule has 3 N–H and O–H groups in total. The molecule has 0 radical (unpaired) electrons. The summed E-state index contributed by atoms with van der Waals surface area (Å²) in [6.45, 7) is 3.13. The molecule has 1 aliphatic heterocycles. The van der Waals surface area contributed by atoms with Crippen molar-refractivity contribution < 1.29 is 14.3 Å².